The molecule has 1 heterocycles. The number of nitrogens with zero attached hydrogens (tertiary/aromatic N) is 1. The lowest BCUT2D eigenvalue weighted by Crippen LogP contribution is -2.36. The molecule has 0 bridgehead atoms. The molecular formula is C16H21BrN2O3. The molecule has 5 nitrogen and oxygen atoms in total. The van der Waals surface area contributed by atoms with Crippen LogP contribution in [-0.4, -0.2) is 30.0 Å². The highest BCUT2D eigenvalue weighted by Crippen LogP contribution is 2.28. The summed E-state index contributed by atoms with van der Waals surface area (Å²) < 4.78 is 0.906. The van der Waals surface area contributed by atoms with E-state index in [9.17, 15) is 9.59 Å². The van der Waals surface area contributed by atoms with Gasteiger partial charge in [0.15, 0.2) is 0 Å². The molecule has 22 heavy (non-hydrogen) atoms. The first-order valence-electron chi connectivity index (χ1n) is 7.35. The molecule has 0 spiro atoms. The molecule has 120 valence electrons. The zero-order valence-electron chi connectivity index (χ0n) is 13.1. The minimum atomic E-state index is -0.500. The normalized spacial score (nSPS) is 14.8. The van der Waals surface area contributed by atoms with Crippen LogP contribution in [0.5, 0.6) is 0 Å². The van der Waals surface area contributed by atoms with Crippen molar-refractivity contribution in [1.82, 2.24) is 10.4 Å². The van der Waals surface area contributed by atoms with Gasteiger partial charge in [0.25, 0.3) is 5.91 Å². The molecule has 2 rings (SSSR count). The van der Waals surface area contributed by atoms with Crippen molar-refractivity contribution >= 4 is 27.9 Å². The lowest BCUT2D eigenvalue weighted by Gasteiger charge is -2.23. The predicted molar refractivity (Wildman–Crippen MR) is 87.6 cm³/mol. The van der Waals surface area contributed by atoms with Gasteiger partial charge in [-0.25, -0.2) is 4.79 Å². The Morgan fingerprint density at radius 1 is 1.23 bits per heavy atom. The van der Waals surface area contributed by atoms with Gasteiger partial charge in [-0.05, 0) is 42.0 Å². The van der Waals surface area contributed by atoms with Crippen molar-refractivity contribution < 1.29 is 14.4 Å². The summed E-state index contributed by atoms with van der Waals surface area (Å²) in [6.45, 7) is 7.45. The average molecular weight is 369 g/mol. The van der Waals surface area contributed by atoms with Gasteiger partial charge in [0.1, 0.15) is 0 Å². The second kappa shape index (κ2) is 6.69. The monoisotopic (exact) mass is 368 g/mol. The van der Waals surface area contributed by atoms with Crippen LogP contribution < -0.4 is 5.48 Å². The molecule has 0 atom stereocenters. The number of hydrogen-bond donors (Lipinski definition) is 1. The lowest BCUT2D eigenvalue weighted by molar-refractivity contribution is 0.0449. The second-order valence-corrected chi connectivity index (χ2v) is 7.35. The lowest BCUT2D eigenvalue weighted by atomic mass is 9.83. The van der Waals surface area contributed by atoms with E-state index >= 15 is 0 Å². The molecule has 1 aliphatic rings. The van der Waals surface area contributed by atoms with Gasteiger partial charge < -0.3 is 9.74 Å². The van der Waals surface area contributed by atoms with E-state index in [1.54, 1.807) is 17.0 Å². The van der Waals surface area contributed by atoms with E-state index in [0.29, 0.717) is 18.7 Å². The maximum Gasteiger partial charge on any atom is 0.434 e. The quantitative estimate of drug-likeness (QED) is 0.770. The fourth-order valence-electron chi connectivity index (χ4n) is 2.44. The predicted octanol–water partition coefficient (Wildman–Crippen LogP) is 3.62. The summed E-state index contributed by atoms with van der Waals surface area (Å²) in [5, 5.41) is 0. The third-order valence-corrected chi connectivity index (χ3v) is 4.12. The number of halogens is 1. The van der Waals surface area contributed by atoms with Crippen LogP contribution >= 0.6 is 15.9 Å². The molecule has 1 fully saturated rings. The smallest absolute Gasteiger partial charge is 0.321 e. The maximum atomic E-state index is 12.3. The van der Waals surface area contributed by atoms with E-state index in [0.717, 1.165) is 22.9 Å². The number of benzene rings is 1. The number of nitrogens with one attached hydrogen (secondary N) is 1. The van der Waals surface area contributed by atoms with E-state index < -0.39 is 12.0 Å². The van der Waals surface area contributed by atoms with Gasteiger partial charge in [-0.1, -0.05) is 36.7 Å². The van der Waals surface area contributed by atoms with Gasteiger partial charge >= 0.3 is 6.09 Å². The van der Waals surface area contributed by atoms with Gasteiger partial charge in [-0.3, -0.25) is 4.79 Å². The number of carbonyl (C=O) groups is 2. The molecule has 1 N–H and O–H groups in total. The fraction of sp³-hybridized carbons (Fsp3) is 0.500. The largest absolute Gasteiger partial charge is 0.434 e. The molecule has 1 aromatic rings. The summed E-state index contributed by atoms with van der Waals surface area (Å²) in [4.78, 5) is 30.6. The molecule has 1 aromatic carbocycles. The molecule has 0 aromatic heterocycles. The Hall–Kier alpha value is -1.56. The minimum absolute atomic E-state index is 0.199. The summed E-state index contributed by atoms with van der Waals surface area (Å²) in [7, 11) is 0. The molecule has 0 radical (unpaired) electrons. The Balaban J connectivity index is 2.08. The highest BCUT2D eigenvalue weighted by Gasteiger charge is 2.24. The Kier molecular flexibility index (Phi) is 5.11. The number of hydrogen-bond acceptors (Lipinski definition) is 3. The van der Waals surface area contributed by atoms with Gasteiger partial charge in [0.05, 0.1) is 0 Å². The molecule has 0 saturated carbocycles. The molecule has 6 heteroatoms. The van der Waals surface area contributed by atoms with Crippen molar-refractivity contribution in [1.29, 1.82) is 0 Å². The Morgan fingerprint density at radius 3 is 2.45 bits per heavy atom. The molecule has 2 amide bonds. The Bertz CT molecular complexity index is 575. The first kappa shape index (κ1) is 16.8. The summed E-state index contributed by atoms with van der Waals surface area (Å²) in [6, 6.07) is 5.44. The summed E-state index contributed by atoms with van der Waals surface area (Å²) in [5.74, 6) is -0.412. The van der Waals surface area contributed by atoms with Crippen molar-refractivity contribution in [2.24, 2.45) is 0 Å². The first-order chi connectivity index (χ1) is 10.3. The van der Waals surface area contributed by atoms with Crippen LogP contribution in [0.3, 0.4) is 0 Å². The fourth-order valence-corrected chi connectivity index (χ4v) is 2.81. The highest BCUT2D eigenvalue weighted by molar-refractivity contribution is 9.10. The summed E-state index contributed by atoms with van der Waals surface area (Å²) >= 11 is 3.42. The molecule has 1 aliphatic heterocycles. The number of likely N-dealkylation sites (tertiary alicyclic amines) is 1. The third-order valence-electron chi connectivity index (χ3n) is 3.63. The van der Waals surface area contributed by atoms with Crippen LogP contribution in [0.1, 0.15) is 49.5 Å². The van der Waals surface area contributed by atoms with E-state index in [1.165, 1.54) is 0 Å². The second-order valence-electron chi connectivity index (χ2n) is 6.43. The number of hydroxylamine groups is 1. The van der Waals surface area contributed by atoms with E-state index in [4.69, 9.17) is 4.84 Å². The van der Waals surface area contributed by atoms with Crippen LogP contribution in [0.2, 0.25) is 0 Å². The van der Waals surface area contributed by atoms with Gasteiger partial charge in [-0.2, -0.15) is 5.48 Å². The number of carbonyl (C=O) groups excluding carboxylic acids is 2. The third kappa shape index (κ3) is 4.00. The van der Waals surface area contributed by atoms with Crippen LogP contribution in [0.25, 0.3) is 0 Å². The number of amides is 2. The zero-order chi connectivity index (χ0) is 16.3. The van der Waals surface area contributed by atoms with Crippen molar-refractivity contribution in [3.63, 3.8) is 0 Å². The first-order valence-corrected chi connectivity index (χ1v) is 8.14. The summed E-state index contributed by atoms with van der Waals surface area (Å²) in [5.41, 5.74) is 3.45. The standard InChI is InChI=1S/C16H21BrN2O3/c1-16(2,3)13-10-11(17)6-7-12(13)14(20)18-22-15(21)19-8-4-5-9-19/h6-7,10H,4-5,8-9H2,1-3H3,(H,18,20). The molecule has 0 unspecified atom stereocenters. The van der Waals surface area contributed by atoms with Crippen molar-refractivity contribution in [3.8, 4) is 0 Å². The van der Waals surface area contributed by atoms with Gasteiger partial charge in [-0.15, -0.1) is 0 Å². The number of rotatable bonds is 1. The zero-order valence-corrected chi connectivity index (χ0v) is 14.7. The summed E-state index contributed by atoms with van der Waals surface area (Å²) in [6.07, 6.45) is 1.45. The average Bonchev–Trinajstić information content (AvgIpc) is 2.97. The molecular weight excluding hydrogens is 348 g/mol. The molecule has 1 saturated heterocycles. The topological polar surface area (TPSA) is 58.6 Å². The van der Waals surface area contributed by atoms with Crippen molar-refractivity contribution in [2.45, 2.75) is 39.0 Å². The van der Waals surface area contributed by atoms with E-state index in [-0.39, 0.29) is 5.41 Å². The Morgan fingerprint density at radius 2 is 1.86 bits per heavy atom. The van der Waals surface area contributed by atoms with Crippen LogP contribution in [-0.2, 0) is 10.3 Å². The van der Waals surface area contributed by atoms with E-state index in [2.05, 4.69) is 21.4 Å². The van der Waals surface area contributed by atoms with Crippen molar-refractivity contribution in [3.05, 3.63) is 33.8 Å². The molecule has 0 aliphatic carbocycles. The van der Waals surface area contributed by atoms with Gasteiger partial charge in [0.2, 0.25) is 0 Å². The van der Waals surface area contributed by atoms with Crippen molar-refractivity contribution in [2.75, 3.05) is 13.1 Å². The van der Waals surface area contributed by atoms with Gasteiger partial charge in [0, 0.05) is 23.1 Å². The SMILES string of the molecule is CC(C)(C)c1cc(Br)ccc1C(=O)NOC(=O)N1CCCC1. The highest BCUT2D eigenvalue weighted by atomic mass is 79.9. The van der Waals surface area contributed by atoms with Crippen LogP contribution in [0, 0.1) is 0 Å². The van der Waals surface area contributed by atoms with Crippen LogP contribution in [0.15, 0.2) is 22.7 Å². The maximum absolute atomic E-state index is 12.3. The Labute approximate surface area is 139 Å². The van der Waals surface area contributed by atoms with Crippen LogP contribution in [0.4, 0.5) is 4.79 Å². The minimum Gasteiger partial charge on any atom is -0.321 e. The van der Waals surface area contributed by atoms with E-state index in [1.807, 2.05) is 26.8 Å².